The van der Waals surface area contributed by atoms with Crippen molar-refractivity contribution in [3.63, 3.8) is 0 Å². The van der Waals surface area contributed by atoms with Crippen LogP contribution in [-0.4, -0.2) is 26.7 Å². The first-order chi connectivity index (χ1) is 8.70. The Bertz CT molecular complexity index is 526. The summed E-state index contributed by atoms with van der Waals surface area (Å²) in [7, 11) is 0. The lowest BCUT2D eigenvalue weighted by Crippen LogP contribution is -2.06. The van der Waals surface area contributed by atoms with Crippen molar-refractivity contribution >= 4 is 5.82 Å². The van der Waals surface area contributed by atoms with Crippen molar-refractivity contribution in [1.29, 1.82) is 0 Å². The van der Waals surface area contributed by atoms with Gasteiger partial charge in [0.05, 0.1) is 18.7 Å². The molecular formula is C11H15N5O2. The van der Waals surface area contributed by atoms with Gasteiger partial charge in [-0.05, 0) is 20.8 Å². The van der Waals surface area contributed by atoms with E-state index in [1.165, 1.54) is 6.33 Å². The smallest absolute Gasteiger partial charge is 0.245 e. The Labute approximate surface area is 105 Å². The molecule has 0 aliphatic heterocycles. The van der Waals surface area contributed by atoms with Crippen LogP contribution >= 0.6 is 0 Å². The molecule has 0 saturated carbocycles. The fourth-order valence-electron chi connectivity index (χ4n) is 1.47. The molecule has 1 N–H and O–H groups in total. The highest BCUT2D eigenvalue weighted by molar-refractivity contribution is 5.47. The Hall–Kier alpha value is -2.18. The van der Waals surface area contributed by atoms with Gasteiger partial charge in [0.25, 0.3) is 0 Å². The Morgan fingerprint density at radius 1 is 1.33 bits per heavy atom. The lowest BCUT2D eigenvalue weighted by molar-refractivity contribution is 0.323. The number of aryl methyl sites for hydroxylation is 1. The van der Waals surface area contributed by atoms with E-state index in [4.69, 9.17) is 9.26 Å². The number of ether oxygens (including phenoxy) is 1. The standard InChI is InChI=1S/C11H15N5O2/c1-4-17-11-7(2)10(13-6-14-11)12-5-9-15-8(3)16-18-9/h6H,4-5H2,1-3H3,(H,12,13,14). The molecule has 2 aromatic heterocycles. The molecule has 0 spiro atoms. The number of hydrogen-bond acceptors (Lipinski definition) is 7. The first-order valence-corrected chi connectivity index (χ1v) is 5.68. The van der Waals surface area contributed by atoms with Gasteiger partial charge in [-0.1, -0.05) is 5.16 Å². The lowest BCUT2D eigenvalue weighted by Gasteiger charge is -2.09. The first kappa shape index (κ1) is 12.3. The highest BCUT2D eigenvalue weighted by Gasteiger charge is 2.09. The van der Waals surface area contributed by atoms with Gasteiger partial charge in [-0.25, -0.2) is 9.97 Å². The van der Waals surface area contributed by atoms with Crippen LogP contribution in [0, 0.1) is 13.8 Å². The minimum Gasteiger partial charge on any atom is -0.478 e. The SMILES string of the molecule is CCOc1ncnc(NCc2nc(C)no2)c1C. The molecule has 0 radical (unpaired) electrons. The van der Waals surface area contributed by atoms with Crippen LogP contribution in [0.4, 0.5) is 5.82 Å². The third-order valence-electron chi connectivity index (χ3n) is 2.30. The first-order valence-electron chi connectivity index (χ1n) is 5.68. The van der Waals surface area contributed by atoms with Gasteiger partial charge in [-0.2, -0.15) is 4.98 Å². The van der Waals surface area contributed by atoms with E-state index >= 15 is 0 Å². The van der Waals surface area contributed by atoms with Gasteiger partial charge < -0.3 is 14.6 Å². The van der Waals surface area contributed by atoms with Crippen LogP contribution in [0.3, 0.4) is 0 Å². The second-order valence-corrected chi connectivity index (χ2v) is 3.67. The lowest BCUT2D eigenvalue weighted by atomic mass is 10.3. The van der Waals surface area contributed by atoms with Crippen molar-refractivity contribution in [2.24, 2.45) is 0 Å². The maximum atomic E-state index is 5.39. The van der Waals surface area contributed by atoms with Crippen LogP contribution in [0.2, 0.25) is 0 Å². The average molecular weight is 249 g/mol. The number of hydrogen-bond donors (Lipinski definition) is 1. The van der Waals surface area contributed by atoms with Crippen LogP contribution < -0.4 is 10.1 Å². The number of nitrogens with zero attached hydrogens (tertiary/aromatic N) is 4. The van der Waals surface area contributed by atoms with Gasteiger partial charge in [0.15, 0.2) is 5.82 Å². The quantitative estimate of drug-likeness (QED) is 0.858. The maximum absolute atomic E-state index is 5.39. The van der Waals surface area contributed by atoms with E-state index in [2.05, 4.69) is 25.4 Å². The van der Waals surface area contributed by atoms with Crippen molar-refractivity contribution in [3.05, 3.63) is 23.6 Å². The Balaban J connectivity index is 2.07. The number of rotatable bonds is 5. The van der Waals surface area contributed by atoms with E-state index in [1.807, 2.05) is 13.8 Å². The zero-order valence-corrected chi connectivity index (χ0v) is 10.6. The van der Waals surface area contributed by atoms with Crippen LogP contribution in [0.25, 0.3) is 0 Å². The van der Waals surface area contributed by atoms with E-state index in [9.17, 15) is 0 Å². The fourth-order valence-corrected chi connectivity index (χ4v) is 1.47. The molecule has 0 aliphatic carbocycles. The zero-order chi connectivity index (χ0) is 13.0. The van der Waals surface area contributed by atoms with Gasteiger partial charge in [0.2, 0.25) is 11.8 Å². The molecule has 0 unspecified atom stereocenters. The second kappa shape index (κ2) is 5.44. The van der Waals surface area contributed by atoms with Crippen molar-refractivity contribution < 1.29 is 9.26 Å². The van der Waals surface area contributed by atoms with Crippen LogP contribution in [0.1, 0.15) is 24.2 Å². The summed E-state index contributed by atoms with van der Waals surface area (Å²) in [4.78, 5) is 12.3. The summed E-state index contributed by atoms with van der Waals surface area (Å²) < 4.78 is 10.4. The summed E-state index contributed by atoms with van der Waals surface area (Å²) in [5.74, 6) is 2.41. The van der Waals surface area contributed by atoms with E-state index in [0.29, 0.717) is 36.6 Å². The topological polar surface area (TPSA) is 86.0 Å². The molecule has 0 aromatic carbocycles. The summed E-state index contributed by atoms with van der Waals surface area (Å²) in [5.41, 5.74) is 0.857. The average Bonchev–Trinajstić information content (AvgIpc) is 2.77. The third kappa shape index (κ3) is 2.73. The van der Waals surface area contributed by atoms with Gasteiger partial charge >= 0.3 is 0 Å². The molecule has 0 amide bonds. The minimum absolute atomic E-state index is 0.421. The van der Waals surface area contributed by atoms with E-state index in [-0.39, 0.29) is 0 Å². The van der Waals surface area contributed by atoms with E-state index < -0.39 is 0 Å². The van der Waals surface area contributed by atoms with Crippen LogP contribution in [-0.2, 0) is 6.54 Å². The van der Waals surface area contributed by atoms with Crippen molar-refractivity contribution in [2.75, 3.05) is 11.9 Å². The van der Waals surface area contributed by atoms with E-state index in [0.717, 1.165) is 5.56 Å². The third-order valence-corrected chi connectivity index (χ3v) is 2.30. The summed E-state index contributed by atoms with van der Waals surface area (Å²) in [6.07, 6.45) is 1.46. The molecule has 18 heavy (non-hydrogen) atoms. The van der Waals surface area contributed by atoms with Crippen LogP contribution in [0.5, 0.6) is 5.88 Å². The highest BCUT2D eigenvalue weighted by atomic mass is 16.5. The van der Waals surface area contributed by atoms with Crippen LogP contribution in [0.15, 0.2) is 10.9 Å². The van der Waals surface area contributed by atoms with Gasteiger partial charge in [-0.3, -0.25) is 0 Å². The summed E-state index contributed by atoms with van der Waals surface area (Å²) >= 11 is 0. The molecule has 2 rings (SSSR count). The van der Waals surface area contributed by atoms with Gasteiger partial charge in [0, 0.05) is 0 Å². The monoisotopic (exact) mass is 249 g/mol. The Morgan fingerprint density at radius 3 is 2.83 bits per heavy atom. The molecular weight excluding hydrogens is 234 g/mol. The molecule has 7 heteroatoms. The second-order valence-electron chi connectivity index (χ2n) is 3.67. The van der Waals surface area contributed by atoms with Crippen molar-refractivity contribution in [2.45, 2.75) is 27.3 Å². The molecule has 96 valence electrons. The highest BCUT2D eigenvalue weighted by Crippen LogP contribution is 2.20. The predicted octanol–water partition coefficient (Wildman–Crippen LogP) is 1.49. The maximum Gasteiger partial charge on any atom is 0.245 e. The Morgan fingerprint density at radius 2 is 2.17 bits per heavy atom. The molecule has 0 saturated heterocycles. The fraction of sp³-hybridized carbons (Fsp3) is 0.455. The summed E-state index contributed by atoms with van der Waals surface area (Å²) in [5, 5.41) is 6.83. The minimum atomic E-state index is 0.421. The summed E-state index contributed by atoms with van der Waals surface area (Å²) in [6, 6.07) is 0. The molecule has 7 nitrogen and oxygen atoms in total. The van der Waals surface area contributed by atoms with Gasteiger partial charge in [-0.15, -0.1) is 0 Å². The number of nitrogens with one attached hydrogen (secondary N) is 1. The number of aromatic nitrogens is 4. The zero-order valence-electron chi connectivity index (χ0n) is 10.6. The van der Waals surface area contributed by atoms with Crippen molar-refractivity contribution in [3.8, 4) is 5.88 Å². The normalized spacial score (nSPS) is 10.4. The molecule has 2 heterocycles. The van der Waals surface area contributed by atoms with Crippen molar-refractivity contribution in [1.82, 2.24) is 20.1 Å². The number of anilines is 1. The van der Waals surface area contributed by atoms with Gasteiger partial charge in [0.1, 0.15) is 12.1 Å². The molecule has 0 atom stereocenters. The largest absolute Gasteiger partial charge is 0.478 e. The Kier molecular flexibility index (Phi) is 3.71. The summed E-state index contributed by atoms with van der Waals surface area (Å²) in [6.45, 7) is 6.57. The molecule has 2 aromatic rings. The molecule has 0 fully saturated rings. The van der Waals surface area contributed by atoms with E-state index in [1.54, 1.807) is 6.92 Å². The molecule has 0 aliphatic rings. The predicted molar refractivity (Wildman–Crippen MR) is 64.3 cm³/mol. The molecule has 0 bridgehead atoms.